The summed E-state index contributed by atoms with van der Waals surface area (Å²) >= 11 is 0. The number of nitrogens with zero attached hydrogens (tertiary/aromatic N) is 1. The van der Waals surface area contributed by atoms with Gasteiger partial charge in [0.1, 0.15) is 5.75 Å². The summed E-state index contributed by atoms with van der Waals surface area (Å²) < 4.78 is 5.74. The van der Waals surface area contributed by atoms with Gasteiger partial charge in [-0.25, -0.2) is 0 Å². The molecule has 1 aromatic rings. The molecule has 2 fully saturated rings. The number of primary amides is 1. The van der Waals surface area contributed by atoms with Crippen molar-refractivity contribution in [1.29, 1.82) is 0 Å². The van der Waals surface area contributed by atoms with E-state index in [4.69, 9.17) is 10.5 Å². The molecule has 1 amide bonds. The van der Waals surface area contributed by atoms with E-state index in [1.165, 1.54) is 19.3 Å². The van der Waals surface area contributed by atoms with E-state index >= 15 is 0 Å². The fraction of sp³-hybridized carbons (Fsp3) is 0.650. The van der Waals surface area contributed by atoms with Gasteiger partial charge in [0.2, 0.25) is 5.91 Å². The van der Waals surface area contributed by atoms with Crippen molar-refractivity contribution in [3.05, 3.63) is 29.8 Å². The first-order valence-corrected chi connectivity index (χ1v) is 9.46. The lowest BCUT2D eigenvalue weighted by molar-refractivity contribution is -0.127. The number of ether oxygens (including phenoxy) is 1. The van der Waals surface area contributed by atoms with E-state index in [1.54, 1.807) is 24.3 Å². The third kappa shape index (κ3) is 4.15. The molecule has 1 saturated heterocycles. The molecule has 5 heteroatoms. The molecule has 3 N–H and O–H groups in total. The fourth-order valence-corrected chi connectivity index (χ4v) is 4.13. The van der Waals surface area contributed by atoms with Crippen molar-refractivity contribution in [3.8, 4) is 5.75 Å². The van der Waals surface area contributed by atoms with Crippen molar-refractivity contribution in [1.82, 2.24) is 4.90 Å². The number of rotatable bonds is 7. The number of nitrogens with two attached hydrogens (primary N) is 1. The molecule has 0 spiro atoms. The monoisotopic (exact) mass is 346 g/mol. The summed E-state index contributed by atoms with van der Waals surface area (Å²) in [7, 11) is 0. The summed E-state index contributed by atoms with van der Waals surface area (Å²) in [5, 5.41) is 11.0. The average Bonchev–Trinajstić information content (AvgIpc) is 2.54. The van der Waals surface area contributed by atoms with Crippen LogP contribution < -0.4 is 10.5 Å². The zero-order valence-electron chi connectivity index (χ0n) is 15.1. The summed E-state index contributed by atoms with van der Waals surface area (Å²) in [6, 6.07) is 6.93. The lowest BCUT2D eigenvalue weighted by Crippen LogP contribution is -2.56. The second-order valence-electron chi connectivity index (χ2n) is 7.66. The van der Waals surface area contributed by atoms with Gasteiger partial charge >= 0.3 is 0 Å². The maximum absolute atomic E-state index is 11.0. The van der Waals surface area contributed by atoms with E-state index in [0.29, 0.717) is 24.0 Å². The van der Waals surface area contributed by atoms with Crippen molar-refractivity contribution in [2.24, 2.45) is 17.6 Å². The lowest BCUT2D eigenvalue weighted by Gasteiger charge is -2.50. The second kappa shape index (κ2) is 7.75. The zero-order chi connectivity index (χ0) is 17.9. The van der Waals surface area contributed by atoms with Crippen LogP contribution in [0.5, 0.6) is 5.75 Å². The van der Waals surface area contributed by atoms with Gasteiger partial charge in [-0.05, 0) is 61.8 Å². The Morgan fingerprint density at radius 1 is 1.36 bits per heavy atom. The molecule has 0 aromatic heterocycles. The summed E-state index contributed by atoms with van der Waals surface area (Å²) in [6.07, 6.45) is 5.52. The van der Waals surface area contributed by atoms with Crippen molar-refractivity contribution < 1.29 is 14.6 Å². The third-order valence-corrected chi connectivity index (χ3v) is 6.05. The van der Waals surface area contributed by atoms with Crippen LogP contribution in [0.3, 0.4) is 0 Å². The lowest BCUT2D eigenvalue weighted by atomic mass is 9.65. The summed E-state index contributed by atoms with van der Waals surface area (Å²) in [6.45, 7) is 5.78. The number of carbonyl (C=O) groups is 1. The predicted molar refractivity (Wildman–Crippen MR) is 97.6 cm³/mol. The largest absolute Gasteiger partial charge is 0.494 e. The second-order valence-corrected chi connectivity index (χ2v) is 7.66. The molecule has 3 rings (SSSR count). The minimum atomic E-state index is -0.437. The van der Waals surface area contributed by atoms with Gasteiger partial charge in [0, 0.05) is 25.2 Å². The van der Waals surface area contributed by atoms with Crippen LogP contribution in [0.4, 0.5) is 0 Å². The van der Waals surface area contributed by atoms with E-state index in [0.717, 1.165) is 38.2 Å². The molecular formula is C20H30N2O3. The minimum absolute atomic E-state index is 0.341. The fourth-order valence-electron chi connectivity index (χ4n) is 4.13. The van der Waals surface area contributed by atoms with E-state index in [-0.39, 0.29) is 0 Å². The van der Waals surface area contributed by atoms with Crippen LogP contribution in [0.15, 0.2) is 24.3 Å². The number of hydrogen-bond donors (Lipinski definition) is 2. The molecule has 0 bridgehead atoms. The number of hydrogen-bond acceptors (Lipinski definition) is 4. The molecule has 5 nitrogen and oxygen atoms in total. The zero-order valence-corrected chi connectivity index (χ0v) is 15.1. The van der Waals surface area contributed by atoms with Gasteiger partial charge in [-0.2, -0.15) is 0 Å². The van der Waals surface area contributed by atoms with Gasteiger partial charge in [-0.3, -0.25) is 4.79 Å². The molecule has 1 aliphatic carbocycles. The topological polar surface area (TPSA) is 75.8 Å². The highest BCUT2D eigenvalue weighted by Crippen LogP contribution is 2.44. The third-order valence-electron chi connectivity index (χ3n) is 6.05. The van der Waals surface area contributed by atoms with Crippen LogP contribution in [-0.2, 0) is 0 Å². The van der Waals surface area contributed by atoms with Crippen molar-refractivity contribution in [3.63, 3.8) is 0 Å². The van der Waals surface area contributed by atoms with Crippen LogP contribution in [0.2, 0.25) is 0 Å². The number of benzene rings is 1. The number of amides is 1. The molecule has 1 aliphatic heterocycles. The number of aliphatic hydroxyl groups is 1. The molecule has 1 aromatic carbocycles. The molecule has 138 valence electrons. The van der Waals surface area contributed by atoms with E-state index in [2.05, 4.69) is 11.8 Å². The van der Waals surface area contributed by atoms with Crippen molar-refractivity contribution in [2.45, 2.75) is 44.6 Å². The van der Waals surface area contributed by atoms with Gasteiger partial charge in [-0.1, -0.05) is 13.3 Å². The number of likely N-dealkylation sites (tertiary alicyclic amines) is 1. The number of carbonyl (C=O) groups excluding carboxylic acids is 1. The first-order valence-electron chi connectivity index (χ1n) is 9.46. The highest BCUT2D eigenvalue weighted by molar-refractivity contribution is 5.92. The van der Waals surface area contributed by atoms with Crippen LogP contribution >= 0.6 is 0 Å². The maximum atomic E-state index is 11.0. The normalized spacial score (nSPS) is 27.7. The Balaban J connectivity index is 1.37. The standard InChI is InChI=1S/C20H30N2O3/c1-15-14-22(12-10-20(15,24)17-4-2-5-17)11-3-13-25-18-8-6-16(7-9-18)19(21)23/h6-9,15,17,24H,2-5,10-14H2,1H3,(H2,21,23)/t15-,20+/m1/s1. The molecule has 0 unspecified atom stereocenters. The average molecular weight is 346 g/mol. The highest BCUT2D eigenvalue weighted by Gasteiger charge is 2.46. The Kier molecular flexibility index (Phi) is 5.64. The first kappa shape index (κ1) is 18.2. The van der Waals surface area contributed by atoms with Crippen molar-refractivity contribution >= 4 is 5.91 Å². The Bertz CT molecular complexity index is 585. The van der Waals surface area contributed by atoms with Crippen LogP contribution in [-0.4, -0.2) is 47.8 Å². The SMILES string of the molecule is C[C@@H]1CN(CCCOc2ccc(C(N)=O)cc2)CC[C@@]1(O)C1CCC1. The van der Waals surface area contributed by atoms with Crippen LogP contribution in [0.1, 0.15) is 49.4 Å². The van der Waals surface area contributed by atoms with Crippen molar-refractivity contribution in [2.75, 3.05) is 26.2 Å². The van der Waals surface area contributed by atoms with Gasteiger partial charge in [0.05, 0.1) is 12.2 Å². The molecule has 0 radical (unpaired) electrons. The Morgan fingerprint density at radius 3 is 2.64 bits per heavy atom. The summed E-state index contributed by atoms with van der Waals surface area (Å²) in [5.74, 6) is 1.20. The van der Waals surface area contributed by atoms with Gasteiger partial charge in [-0.15, -0.1) is 0 Å². The van der Waals surface area contributed by atoms with Crippen LogP contribution in [0.25, 0.3) is 0 Å². The Hall–Kier alpha value is -1.59. The summed E-state index contributed by atoms with van der Waals surface area (Å²) in [5.41, 5.74) is 5.28. The maximum Gasteiger partial charge on any atom is 0.248 e. The van der Waals surface area contributed by atoms with Crippen LogP contribution in [0, 0.1) is 11.8 Å². The number of piperidine rings is 1. The smallest absolute Gasteiger partial charge is 0.248 e. The van der Waals surface area contributed by atoms with Gasteiger partial charge in [0.15, 0.2) is 0 Å². The Morgan fingerprint density at radius 2 is 2.08 bits per heavy atom. The van der Waals surface area contributed by atoms with Gasteiger partial charge < -0.3 is 20.5 Å². The Labute approximate surface area is 150 Å². The summed E-state index contributed by atoms with van der Waals surface area (Å²) in [4.78, 5) is 13.5. The van der Waals surface area contributed by atoms with E-state index in [9.17, 15) is 9.90 Å². The predicted octanol–water partition coefficient (Wildman–Crippen LogP) is 2.43. The molecule has 1 heterocycles. The molecule has 1 saturated carbocycles. The molecule has 2 aliphatic rings. The highest BCUT2D eigenvalue weighted by atomic mass is 16.5. The van der Waals surface area contributed by atoms with E-state index < -0.39 is 11.5 Å². The molecular weight excluding hydrogens is 316 g/mol. The van der Waals surface area contributed by atoms with E-state index in [1.807, 2.05) is 0 Å². The first-order chi connectivity index (χ1) is 12.0. The van der Waals surface area contributed by atoms with Gasteiger partial charge in [0.25, 0.3) is 0 Å². The molecule has 25 heavy (non-hydrogen) atoms. The molecule has 2 atom stereocenters. The quantitative estimate of drug-likeness (QED) is 0.744. The minimum Gasteiger partial charge on any atom is -0.494 e.